The Kier molecular flexibility index (Phi) is 3.38. The molecule has 0 unspecified atom stereocenters. The Labute approximate surface area is 92.4 Å². The Morgan fingerprint density at radius 3 is 2.64 bits per heavy atom. The van der Waals surface area contributed by atoms with Crippen molar-refractivity contribution in [2.45, 2.75) is 0 Å². The van der Waals surface area contributed by atoms with Crippen LogP contribution in [0.1, 0.15) is 0 Å². The van der Waals surface area contributed by atoms with Gasteiger partial charge < -0.3 is 10.8 Å². The van der Waals surface area contributed by atoms with Crippen LogP contribution < -0.4 is 5.73 Å². The van der Waals surface area contributed by atoms with Crippen molar-refractivity contribution in [3.63, 3.8) is 0 Å². The summed E-state index contributed by atoms with van der Waals surface area (Å²) in [5.41, 5.74) is 7.10. The zero-order valence-corrected chi connectivity index (χ0v) is 8.94. The molecule has 0 aliphatic heterocycles. The van der Waals surface area contributed by atoms with Crippen molar-refractivity contribution in [1.82, 2.24) is 0 Å². The highest BCUT2D eigenvalue weighted by atomic mass is 35.5. The molecule has 2 rings (SSSR count). The predicted octanol–water partition coefficient (Wildman–Crippen LogP) is 3.12. The normalized spacial score (nSPS) is 9.43. The second-order valence-electron chi connectivity index (χ2n) is 2.75. The molecule has 1 heterocycles. The largest absolute Gasteiger partial charge is 0.507 e. The van der Waals surface area contributed by atoms with Crippen LogP contribution in [-0.2, 0) is 0 Å². The van der Waals surface area contributed by atoms with Crippen molar-refractivity contribution in [2.75, 3.05) is 5.73 Å². The van der Waals surface area contributed by atoms with Gasteiger partial charge in [0.05, 0.1) is 0 Å². The van der Waals surface area contributed by atoms with E-state index in [2.05, 4.69) is 0 Å². The zero-order chi connectivity index (χ0) is 9.26. The van der Waals surface area contributed by atoms with Crippen LogP contribution in [0.4, 0.5) is 5.69 Å². The lowest BCUT2D eigenvalue weighted by atomic mass is 10.1. The highest BCUT2D eigenvalue weighted by Gasteiger charge is 2.04. The van der Waals surface area contributed by atoms with E-state index >= 15 is 0 Å². The lowest BCUT2D eigenvalue weighted by molar-refractivity contribution is 0.477. The van der Waals surface area contributed by atoms with E-state index in [1.165, 1.54) is 0 Å². The van der Waals surface area contributed by atoms with E-state index in [1.807, 2.05) is 17.5 Å². The molecule has 14 heavy (non-hydrogen) atoms. The van der Waals surface area contributed by atoms with Crippen LogP contribution in [0.2, 0.25) is 0 Å². The van der Waals surface area contributed by atoms with Crippen LogP contribution in [-0.4, -0.2) is 5.11 Å². The van der Waals surface area contributed by atoms with Crippen molar-refractivity contribution >= 4 is 29.4 Å². The van der Waals surface area contributed by atoms with Gasteiger partial charge in [0.1, 0.15) is 5.75 Å². The van der Waals surface area contributed by atoms with Gasteiger partial charge in [-0.05, 0) is 29.6 Å². The number of rotatable bonds is 1. The molecule has 0 aliphatic rings. The van der Waals surface area contributed by atoms with E-state index in [9.17, 15) is 5.11 Å². The molecule has 4 heteroatoms. The number of anilines is 1. The molecule has 0 bridgehead atoms. The Balaban J connectivity index is 0.000000980. The Morgan fingerprint density at radius 2 is 2.00 bits per heavy atom. The average Bonchev–Trinajstić information content (AvgIpc) is 2.61. The van der Waals surface area contributed by atoms with Gasteiger partial charge in [-0.25, -0.2) is 0 Å². The molecule has 2 aromatic rings. The minimum Gasteiger partial charge on any atom is -0.507 e. The molecule has 0 amide bonds. The van der Waals surface area contributed by atoms with Gasteiger partial charge in [0.15, 0.2) is 0 Å². The van der Waals surface area contributed by atoms with E-state index in [0.29, 0.717) is 5.69 Å². The van der Waals surface area contributed by atoms with E-state index in [-0.39, 0.29) is 18.2 Å². The molecule has 2 nitrogen and oxygen atoms in total. The summed E-state index contributed by atoms with van der Waals surface area (Å²) in [6.07, 6.45) is 0. The van der Waals surface area contributed by atoms with Gasteiger partial charge in [0, 0.05) is 16.1 Å². The summed E-state index contributed by atoms with van der Waals surface area (Å²) in [7, 11) is 0. The first-order valence-electron chi connectivity index (χ1n) is 3.90. The summed E-state index contributed by atoms with van der Waals surface area (Å²) < 4.78 is 0. The second-order valence-corrected chi connectivity index (χ2v) is 3.70. The third-order valence-electron chi connectivity index (χ3n) is 1.81. The van der Waals surface area contributed by atoms with Crippen LogP contribution in [0, 0.1) is 0 Å². The number of hydrogen-bond donors (Lipinski definition) is 2. The van der Waals surface area contributed by atoms with Crippen molar-refractivity contribution in [3.05, 3.63) is 35.7 Å². The maximum Gasteiger partial charge on any atom is 0.124 e. The average molecular weight is 228 g/mol. The summed E-state index contributed by atoms with van der Waals surface area (Å²) in [5.74, 6) is 0.275. The lowest BCUT2D eigenvalue weighted by Gasteiger charge is -2.02. The number of aromatic hydroxyl groups is 1. The number of thiophene rings is 1. The Morgan fingerprint density at radius 1 is 1.21 bits per heavy atom. The molecular formula is C10H10ClNOS. The number of phenols is 1. The summed E-state index contributed by atoms with van der Waals surface area (Å²) >= 11 is 1.58. The number of phenolic OH excluding ortho intramolecular Hbond substituents is 1. The third-order valence-corrected chi connectivity index (χ3v) is 2.71. The molecule has 0 saturated heterocycles. The molecule has 1 aromatic carbocycles. The molecule has 0 spiro atoms. The highest BCUT2D eigenvalue weighted by Crippen LogP contribution is 2.33. The lowest BCUT2D eigenvalue weighted by Crippen LogP contribution is -1.84. The third kappa shape index (κ3) is 2.00. The zero-order valence-electron chi connectivity index (χ0n) is 7.31. The van der Waals surface area contributed by atoms with Crippen molar-refractivity contribution in [1.29, 1.82) is 0 Å². The number of hydrogen-bond acceptors (Lipinski definition) is 3. The summed E-state index contributed by atoms with van der Waals surface area (Å²) in [5, 5.41) is 11.5. The van der Waals surface area contributed by atoms with Gasteiger partial charge in [-0.2, -0.15) is 0 Å². The molecule has 0 fully saturated rings. The maximum absolute atomic E-state index is 9.56. The van der Waals surface area contributed by atoms with Crippen LogP contribution in [0.5, 0.6) is 5.75 Å². The van der Waals surface area contributed by atoms with Gasteiger partial charge in [-0.1, -0.05) is 6.07 Å². The molecule has 0 radical (unpaired) electrons. The summed E-state index contributed by atoms with van der Waals surface area (Å²) in [6, 6.07) is 8.99. The molecule has 0 aliphatic carbocycles. The molecule has 74 valence electrons. The molecular weight excluding hydrogens is 218 g/mol. The Hall–Kier alpha value is -1.19. The van der Waals surface area contributed by atoms with E-state index in [1.54, 1.807) is 29.5 Å². The maximum atomic E-state index is 9.56. The number of benzene rings is 1. The molecule has 0 saturated carbocycles. The Bertz CT molecular complexity index is 414. The first-order chi connectivity index (χ1) is 6.27. The smallest absolute Gasteiger partial charge is 0.124 e. The highest BCUT2D eigenvalue weighted by molar-refractivity contribution is 7.13. The first-order valence-corrected chi connectivity index (χ1v) is 4.78. The minimum atomic E-state index is 0. The molecule has 0 atom stereocenters. The van der Waals surface area contributed by atoms with Gasteiger partial charge in [0.2, 0.25) is 0 Å². The fraction of sp³-hybridized carbons (Fsp3) is 0. The standard InChI is InChI=1S/C10H9NOS.ClH/c11-7-3-4-9(12)8(6-7)10-2-1-5-13-10;/h1-6,12H,11H2;1H. The minimum absolute atomic E-state index is 0. The van der Waals surface area contributed by atoms with Crippen LogP contribution in [0.15, 0.2) is 35.7 Å². The van der Waals surface area contributed by atoms with Gasteiger partial charge in [-0.15, -0.1) is 23.7 Å². The first kappa shape index (κ1) is 10.9. The predicted molar refractivity (Wildman–Crippen MR) is 63.1 cm³/mol. The van der Waals surface area contributed by atoms with E-state index < -0.39 is 0 Å². The topological polar surface area (TPSA) is 46.2 Å². The van der Waals surface area contributed by atoms with Crippen LogP contribution in [0.3, 0.4) is 0 Å². The number of nitrogens with two attached hydrogens (primary N) is 1. The quantitative estimate of drug-likeness (QED) is 0.581. The second kappa shape index (κ2) is 4.35. The number of halogens is 1. The summed E-state index contributed by atoms with van der Waals surface area (Å²) in [6.45, 7) is 0. The molecule has 3 N–H and O–H groups in total. The number of nitrogen functional groups attached to an aromatic ring is 1. The van der Waals surface area contributed by atoms with Crippen molar-refractivity contribution in [2.24, 2.45) is 0 Å². The van der Waals surface area contributed by atoms with E-state index in [4.69, 9.17) is 5.73 Å². The van der Waals surface area contributed by atoms with Crippen molar-refractivity contribution < 1.29 is 5.11 Å². The van der Waals surface area contributed by atoms with Crippen LogP contribution in [0.25, 0.3) is 10.4 Å². The fourth-order valence-corrected chi connectivity index (χ4v) is 1.93. The fourth-order valence-electron chi connectivity index (χ4n) is 1.18. The van der Waals surface area contributed by atoms with Gasteiger partial charge >= 0.3 is 0 Å². The molecule has 1 aromatic heterocycles. The van der Waals surface area contributed by atoms with Crippen LogP contribution >= 0.6 is 23.7 Å². The van der Waals surface area contributed by atoms with Gasteiger partial charge in [0.25, 0.3) is 0 Å². The monoisotopic (exact) mass is 227 g/mol. The SMILES string of the molecule is Cl.Nc1ccc(O)c(-c2cccs2)c1. The van der Waals surface area contributed by atoms with E-state index in [0.717, 1.165) is 10.4 Å². The summed E-state index contributed by atoms with van der Waals surface area (Å²) in [4.78, 5) is 1.03. The van der Waals surface area contributed by atoms with Crippen molar-refractivity contribution in [3.8, 4) is 16.2 Å². The van der Waals surface area contributed by atoms with Gasteiger partial charge in [-0.3, -0.25) is 0 Å².